The number of hydrogen-bond donors (Lipinski definition) is 1. The predicted molar refractivity (Wildman–Crippen MR) is 164 cm³/mol. The Kier molecular flexibility index (Phi) is 10.3. The zero-order valence-electron chi connectivity index (χ0n) is 24.7. The third kappa shape index (κ3) is 7.92. The number of benzene rings is 3. The van der Waals surface area contributed by atoms with Crippen LogP contribution in [0.15, 0.2) is 71.6 Å². The van der Waals surface area contributed by atoms with Gasteiger partial charge in [0.25, 0.3) is 10.0 Å². The van der Waals surface area contributed by atoms with E-state index in [0.29, 0.717) is 15.9 Å². The first-order valence-electron chi connectivity index (χ1n) is 14.3. The summed E-state index contributed by atoms with van der Waals surface area (Å²) in [6.07, 6.45) is -1.26. The maximum atomic E-state index is 14.1. The Morgan fingerprint density at radius 3 is 2.25 bits per heavy atom. The first-order valence-corrected chi connectivity index (χ1v) is 16.1. The van der Waals surface area contributed by atoms with Crippen molar-refractivity contribution >= 4 is 39.1 Å². The standard InChI is InChI=1S/C32H35ClF3N3O4S/c1-21-11-14-27(15-12-21)44(42,43)39(26-13-16-29(33)28(18-26)32(34,35)36)20-30(40)38(19-24-8-6-7-22(2)17-24)23(3)31(41)37-25-9-4-5-10-25/h6-8,11-18,23,25H,4-5,9-10,19-20H2,1-3H3,(H,37,41)/t23-/m0/s1. The molecule has 12 heteroatoms. The Morgan fingerprint density at radius 2 is 1.64 bits per heavy atom. The normalized spacial score (nSPS) is 14.7. The van der Waals surface area contributed by atoms with Gasteiger partial charge in [-0.25, -0.2) is 8.42 Å². The molecule has 0 unspecified atom stereocenters. The van der Waals surface area contributed by atoms with Crippen LogP contribution in [0.3, 0.4) is 0 Å². The van der Waals surface area contributed by atoms with E-state index >= 15 is 0 Å². The number of rotatable bonds is 10. The summed E-state index contributed by atoms with van der Waals surface area (Å²) in [5.74, 6) is -1.16. The SMILES string of the molecule is Cc1ccc(S(=O)(=O)N(CC(=O)N(Cc2cccc(C)c2)[C@@H](C)C(=O)NC2CCCC2)c2ccc(Cl)c(C(F)(F)F)c2)cc1. The Bertz CT molecular complexity index is 1610. The monoisotopic (exact) mass is 649 g/mol. The molecule has 3 aromatic rings. The minimum atomic E-state index is -4.87. The molecule has 0 aliphatic heterocycles. The number of anilines is 1. The summed E-state index contributed by atoms with van der Waals surface area (Å²) in [6.45, 7) is 4.31. The fraction of sp³-hybridized carbons (Fsp3) is 0.375. The summed E-state index contributed by atoms with van der Waals surface area (Å²) in [6, 6.07) is 14.7. The van der Waals surface area contributed by atoms with Crippen molar-refractivity contribution in [2.24, 2.45) is 0 Å². The molecule has 236 valence electrons. The van der Waals surface area contributed by atoms with Gasteiger partial charge >= 0.3 is 6.18 Å². The lowest BCUT2D eigenvalue weighted by Gasteiger charge is -2.32. The molecule has 0 heterocycles. The maximum absolute atomic E-state index is 14.1. The van der Waals surface area contributed by atoms with Gasteiger partial charge in [0.1, 0.15) is 12.6 Å². The lowest BCUT2D eigenvalue weighted by atomic mass is 10.1. The van der Waals surface area contributed by atoms with Gasteiger partial charge in [-0.05, 0) is 69.5 Å². The fourth-order valence-corrected chi connectivity index (χ4v) is 6.86. The molecule has 4 rings (SSSR count). The van der Waals surface area contributed by atoms with Crippen molar-refractivity contribution in [1.29, 1.82) is 0 Å². The average Bonchev–Trinajstić information content (AvgIpc) is 3.47. The summed E-state index contributed by atoms with van der Waals surface area (Å²) < 4.78 is 70.0. The minimum absolute atomic E-state index is 0.0193. The number of amides is 2. The molecule has 3 aromatic carbocycles. The third-order valence-electron chi connectivity index (χ3n) is 7.74. The van der Waals surface area contributed by atoms with E-state index in [1.165, 1.54) is 17.0 Å². The molecule has 44 heavy (non-hydrogen) atoms. The van der Waals surface area contributed by atoms with E-state index in [1.54, 1.807) is 38.1 Å². The van der Waals surface area contributed by atoms with Gasteiger partial charge in [-0.2, -0.15) is 13.2 Å². The number of halogens is 4. The number of nitrogens with zero attached hydrogens (tertiary/aromatic N) is 2. The molecule has 0 bridgehead atoms. The van der Waals surface area contributed by atoms with Gasteiger partial charge in [0, 0.05) is 12.6 Å². The largest absolute Gasteiger partial charge is 0.417 e. The topological polar surface area (TPSA) is 86.8 Å². The second kappa shape index (κ2) is 13.6. The van der Waals surface area contributed by atoms with Gasteiger partial charge < -0.3 is 10.2 Å². The highest BCUT2D eigenvalue weighted by atomic mass is 35.5. The van der Waals surface area contributed by atoms with Crippen LogP contribution in [0.25, 0.3) is 0 Å². The summed E-state index contributed by atoms with van der Waals surface area (Å²) >= 11 is 5.83. The van der Waals surface area contributed by atoms with E-state index in [-0.39, 0.29) is 17.5 Å². The third-order valence-corrected chi connectivity index (χ3v) is 9.85. The zero-order chi connectivity index (χ0) is 32.2. The molecule has 0 aromatic heterocycles. The second-order valence-corrected chi connectivity index (χ2v) is 13.4. The van der Waals surface area contributed by atoms with Crippen molar-refractivity contribution in [1.82, 2.24) is 10.2 Å². The molecule has 0 radical (unpaired) electrons. The van der Waals surface area contributed by atoms with Crippen LogP contribution in [0, 0.1) is 13.8 Å². The van der Waals surface area contributed by atoms with Crippen LogP contribution in [0.5, 0.6) is 0 Å². The number of sulfonamides is 1. The molecule has 1 atom stereocenters. The average molecular weight is 650 g/mol. The number of hydrogen-bond acceptors (Lipinski definition) is 4. The van der Waals surface area contributed by atoms with Crippen molar-refractivity contribution in [2.45, 2.75) is 76.2 Å². The predicted octanol–water partition coefficient (Wildman–Crippen LogP) is 6.65. The first-order chi connectivity index (χ1) is 20.7. The van der Waals surface area contributed by atoms with Crippen LogP contribution in [0.2, 0.25) is 5.02 Å². The van der Waals surface area contributed by atoms with E-state index in [4.69, 9.17) is 11.6 Å². The lowest BCUT2D eigenvalue weighted by molar-refractivity contribution is -0.139. The lowest BCUT2D eigenvalue weighted by Crippen LogP contribution is -2.52. The van der Waals surface area contributed by atoms with E-state index < -0.39 is 56.9 Å². The smallest absolute Gasteiger partial charge is 0.352 e. The van der Waals surface area contributed by atoms with Crippen LogP contribution in [-0.2, 0) is 32.3 Å². The van der Waals surface area contributed by atoms with Gasteiger partial charge in [-0.3, -0.25) is 13.9 Å². The van der Waals surface area contributed by atoms with E-state index in [0.717, 1.165) is 48.9 Å². The molecule has 0 saturated heterocycles. The van der Waals surface area contributed by atoms with E-state index in [2.05, 4.69) is 5.32 Å². The van der Waals surface area contributed by atoms with Crippen molar-refractivity contribution < 1.29 is 31.2 Å². The van der Waals surface area contributed by atoms with Crippen LogP contribution >= 0.6 is 11.6 Å². The molecule has 1 N–H and O–H groups in total. The number of aryl methyl sites for hydroxylation is 2. The Labute approximate surface area is 261 Å². The second-order valence-electron chi connectivity index (χ2n) is 11.2. The summed E-state index contributed by atoms with van der Waals surface area (Å²) in [7, 11) is -4.54. The quantitative estimate of drug-likeness (QED) is 0.267. The van der Waals surface area contributed by atoms with Gasteiger partial charge in [0.05, 0.1) is 21.2 Å². The van der Waals surface area contributed by atoms with Gasteiger partial charge in [-0.1, -0.05) is 72.0 Å². The van der Waals surface area contributed by atoms with Crippen molar-refractivity contribution in [2.75, 3.05) is 10.8 Å². The molecule has 1 aliphatic carbocycles. The van der Waals surface area contributed by atoms with Crippen LogP contribution < -0.4 is 9.62 Å². The molecular weight excluding hydrogens is 615 g/mol. The van der Waals surface area contributed by atoms with Crippen molar-refractivity contribution in [3.05, 3.63) is 94.0 Å². The Hall–Kier alpha value is -3.57. The molecule has 1 saturated carbocycles. The minimum Gasteiger partial charge on any atom is -0.352 e. The van der Waals surface area contributed by atoms with Crippen LogP contribution in [0.4, 0.5) is 18.9 Å². The molecule has 1 fully saturated rings. The highest BCUT2D eigenvalue weighted by Crippen LogP contribution is 2.38. The molecule has 1 aliphatic rings. The molecule has 7 nitrogen and oxygen atoms in total. The van der Waals surface area contributed by atoms with Crippen molar-refractivity contribution in [3.8, 4) is 0 Å². The van der Waals surface area contributed by atoms with Crippen LogP contribution in [-0.4, -0.2) is 43.8 Å². The fourth-order valence-electron chi connectivity index (χ4n) is 5.23. The van der Waals surface area contributed by atoms with Crippen LogP contribution in [0.1, 0.15) is 54.9 Å². The number of carbonyl (C=O) groups is 2. The highest BCUT2D eigenvalue weighted by molar-refractivity contribution is 7.92. The summed E-state index contributed by atoms with van der Waals surface area (Å²) in [4.78, 5) is 28.4. The zero-order valence-corrected chi connectivity index (χ0v) is 26.3. The first kappa shape index (κ1) is 33.3. The van der Waals surface area contributed by atoms with Gasteiger partial charge in [-0.15, -0.1) is 0 Å². The molecule has 2 amide bonds. The molecular formula is C32H35ClF3N3O4S. The Morgan fingerprint density at radius 1 is 0.977 bits per heavy atom. The molecule has 0 spiro atoms. The maximum Gasteiger partial charge on any atom is 0.417 e. The van der Waals surface area contributed by atoms with E-state index in [9.17, 15) is 31.2 Å². The highest BCUT2D eigenvalue weighted by Gasteiger charge is 2.37. The van der Waals surface area contributed by atoms with E-state index in [1.807, 2.05) is 19.1 Å². The van der Waals surface area contributed by atoms with Crippen molar-refractivity contribution in [3.63, 3.8) is 0 Å². The summed E-state index contributed by atoms with van der Waals surface area (Å²) in [5, 5.41) is 2.37. The van der Waals surface area contributed by atoms with Gasteiger partial charge in [0.15, 0.2) is 0 Å². The van der Waals surface area contributed by atoms with Gasteiger partial charge in [0.2, 0.25) is 11.8 Å². The number of carbonyl (C=O) groups excluding carboxylic acids is 2. The number of alkyl halides is 3. The Balaban J connectivity index is 1.76. The number of nitrogens with one attached hydrogen (secondary N) is 1. The summed E-state index contributed by atoms with van der Waals surface area (Å²) in [5.41, 5.74) is 0.757.